The second-order valence-electron chi connectivity index (χ2n) is 9.76. The number of rotatable bonds is 8. The van der Waals surface area contributed by atoms with E-state index in [4.69, 9.17) is 33.2 Å². The van der Waals surface area contributed by atoms with Crippen LogP contribution < -0.4 is 5.32 Å². The maximum absolute atomic E-state index is 6.20. The van der Waals surface area contributed by atoms with Crippen LogP contribution >= 0.6 is 34.5 Å². The van der Waals surface area contributed by atoms with Gasteiger partial charge in [-0.15, -0.1) is 11.3 Å². The van der Waals surface area contributed by atoms with Gasteiger partial charge in [-0.2, -0.15) is 0 Å². The number of anilines is 1. The molecular formula is C31H29Cl2N5S. The molecule has 0 atom stereocenters. The van der Waals surface area contributed by atoms with Gasteiger partial charge >= 0.3 is 0 Å². The van der Waals surface area contributed by atoms with E-state index in [1.54, 1.807) is 11.3 Å². The summed E-state index contributed by atoms with van der Waals surface area (Å²) in [5, 5.41) is 8.20. The number of piperazine rings is 1. The van der Waals surface area contributed by atoms with E-state index in [0.29, 0.717) is 0 Å². The molecule has 198 valence electrons. The maximum atomic E-state index is 6.20. The molecule has 1 aliphatic rings. The summed E-state index contributed by atoms with van der Waals surface area (Å²) in [5.74, 6) is 1.75. The molecule has 0 saturated carbocycles. The van der Waals surface area contributed by atoms with Crippen molar-refractivity contribution in [3.05, 3.63) is 122 Å². The fourth-order valence-corrected chi connectivity index (χ4v) is 6.09. The van der Waals surface area contributed by atoms with Gasteiger partial charge in [0.25, 0.3) is 0 Å². The van der Waals surface area contributed by atoms with Crippen LogP contribution in [0.1, 0.15) is 27.9 Å². The third kappa shape index (κ3) is 6.26. The molecule has 0 amide bonds. The van der Waals surface area contributed by atoms with Crippen molar-refractivity contribution in [3.63, 3.8) is 0 Å². The Morgan fingerprint density at radius 2 is 1.44 bits per heavy atom. The Bertz CT molecular complexity index is 1470. The van der Waals surface area contributed by atoms with Gasteiger partial charge in [-0.3, -0.25) is 9.80 Å². The lowest BCUT2D eigenvalue weighted by Gasteiger charge is -2.39. The van der Waals surface area contributed by atoms with Crippen molar-refractivity contribution in [2.75, 3.05) is 31.5 Å². The highest BCUT2D eigenvalue weighted by atomic mass is 35.5. The van der Waals surface area contributed by atoms with Crippen LogP contribution in [0.3, 0.4) is 0 Å². The van der Waals surface area contributed by atoms with Gasteiger partial charge in [0.05, 0.1) is 24.6 Å². The number of benzene rings is 3. The van der Waals surface area contributed by atoms with Crippen LogP contribution in [-0.4, -0.2) is 45.9 Å². The first-order valence-corrected chi connectivity index (χ1v) is 14.8. The topological polar surface area (TPSA) is 44.3 Å². The molecule has 2 aromatic heterocycles. The monoisotopic (exact) mass is 573 g/mol. The Balaban J connectivity index is 1.18. The van der Waals surface area contributed by atoms with Crippen molar-refractivity contribution in [1.82, 2.24) is 19.8 Å². The summed E-state index contributed by atoms with van der Waals surface area (Å²) in [5.41, 5.74) is 3.43. The molecule has 5 aromatic rings. The first kappa shape index (κ1) is 26.2. The van der Waals surface area contributed by atoms with Gasteiger partial charge in [0.15, 0.2) is 0 Å². The SMILES string of the molecule is Clc1ccc(C(c2ccc(Cl)cc2)N2CCN(Cc3nc(NCc4cccs4)c4ccccc4n3)CC2)cc1. The minimum Gasteiger partial charge on any atom is -0.365 e. The average Bonchev–Trinajstić information content (AvgIpc) is 3.49. The van der Waals surface area contributed by atoms with Crippen molar-refractivity contribution < 1.29 is 0 Å². The van der Waals surface area contributed by atoms with Crippen LogP contribution in [0.2, 0.25) is 10.0 Å². The molecule has 5 nitrogen and oxygen atoms in total. The molecule has 0 bridgehead atoms. The highest BCUT2D eigenvalue weighted by Gasteiger charge is 2.27. The largest absolute Gasteiger partial charge is 0.365 e. The molecule has 1 N–H and O–H groups in total. The van der Waals surface area contributed by atoms with Crippen LogP contribution in [0.25, 0.3) is 10.9 Å². The van der Waals surface area contributed by atoms with E-state index in [1.807, 2.05) is 36.4 Å². The summed E-state index contributed by atoms with van der Waals surface area (Å²) in [6, 6.07) is 29.0. The number of aromatic nitrogens is 2. The molecule has 0 radical (unpaired) electrons. The number of para-hydroxylation sites is 1. The van der Waals surface area contributed by atoms with Gasteiger partial charge in [0.1, 0.15) is 11.6 Å². The highest BCUT2D eigenvalue weighted by Crippen LogP contribution is 2.31. The van der Waals surface area contributed by atoms with Crippen LogP contribution in [0.4, 0.5) is 5.82 Å². The van der Waals surface area contributed by atoms with Gasteiger partial charge in [0.2, 0.25) is 0 Å². The Labute approximate surface area is 243 Å². The lowest BCUT2D eigenvalue weighted by Crippen LogP contribution is -2.47. The summed E-state index contributed by atoms with van der Waals surface area (Å²) in [6.45, 7) is 5.23. The molecule has 6 rings (SSSR count). The quantitative estimate of drug-likeness (QED) is 0.208. The number of hydrogen-bond acceptors (Lipinski definition) is 6. The number of thiophene rings is 1. The van der Waals surface area contributed by atoms with Crippen LogP contribution in [0.5, 0.6) is 0 Å². The normalized spacial score (nSPS) is 14.7. The van der Waals surface area contributed by atoms with Crippen molar-refractivity contribution in [3.8, 4) is 0 Å². The van der Waals surface area contributed by atoms with Gasteiger partial charge in [0, 0.05) is 46.5 Å². The van der Waals surface area contributed by atoms with Crippen molar-refractivity contribution in [2.45, 2.75) is 19.1 Å². The summed E-state index contributed by atoms with van der Waals surface area (Å²) >= 11 is 14.2. The molecule has 1 aliphatic heterocycles. The maximum Gasteiger partial charge on any atom is 0.145 e. The van der Waals surface area contributed by atoms with E-state index < -0.39 is 0 Å². The Kier molecular flexibility index (Phi) is 8.09. The fraction of sp³-hybridized carbons (Fsp3) is 0.226. The fourth-order valence-electron chi connectivity index (χ4n) is 5.20. The first-order valence-electron chi connectivity index (χ1n) is 13.1. The molecule has 3 heterocycles. The molecule has 1 fully saturated rings. The van der Waals surface area contributed by atoms with Gasteiger partial charge < -0.3 is 5.32 Å². The number of fused-ring (bicyclic) bond motifs is 1. The Morgan fingerprint density at radius 3 is 2.08 bits per heavy atom. The number of nitrogens with one attached hydrogen (secondary N) is 1. The number of hydrogen-bond donors (Lipinski definition) is 1. The number of nitrogens with zero attached hydrogens (tertiary/aromatic N) is 4. The van der Waals surface area contributed by atoms with Crippen molar-refractivity contribution >= 4 is 51.3 Å². The van der Waals surface area contributed by atoms with E-state index in [1.165, 1.54) is 16.0 Å². The molecule has 39 heavy (non-hydrogen) atoms. The highest BCUT2D eigenvalue weighted by molar-refractivity contribution is 7.09. The van der Waals surface area contributed by atoms with Crippen molar-refractivity contribution in [1.29, 1.82) is 0 Å². The Hall–Kier alpha value is -3.00. The van der Waals surface area contributed by atoms with E-state index >= 15 is 0 Å². The van der Waals surface area contributed by atoms with Crippen LogP contribution in [-0.2, 0) is 13.1 Å². The van der Waals surface area contributed by atoms with Gasteiger partial charge in [-0.05, 0) is 59.0 Å². The Morgan fingerprint density at radius 1 is 0.769 bits per heavy atom. The first-order chi connectivity index (χ1) is 19.1. The van der Waals surface area contributed by atoms with Gasteiger partial charge in [-0.25, -0.2) is 9.97 Å². The van der Waals surface area contributed by atoms with E-state index in [0.717, 1.165) is 71.9 Å². The zero-order valence-corrected chi connectivity index (χ0v) is 23.8. The predicted molar refractivity (Wildman–Crippen MR) is 163 cm³/mol. The van der Waals surface area contributed by atoms with E-state index in [-0.39, 0.29) is 6.04 Å². The lowest BCUT2D eigenvalue weighted by molar-refractivity contribution is 0.103. The lowest BCUT2D eigenvalue weighted by atomic mass is 9.96. The second-order valence-corrected chi connectivity index (χ2v) is 11.7. The summed E-state index contributed by atoms with van der Waals surface area (Å²) in [7, 11) is 0. The molecule has 1 saturated heterocycles. The van der Waals surface area contributed by atoms with E-state index in [2.05, 4.69) is 69.0 Å². The summed E-state index contributed by atoms with van der Waals surface area (Å²) in [6.07, 6.45) is 0. The zero-order valence-electron chi connectivity index (χ0n) is 21.4. The van der Waals surface area contributed by atoms with Crippen molar-refractivity contribution in [2.24, 2.45) is 0 Å². The molecule has 8 heteroatoms. The number of halogens is 2. The third-order valence-corrected chi connectivity index (χ3v) is 8.55. The predicted octanol–water partition coefficient (Wildman–Crippen LogP) is 7.52. The minimum absolute atomic E-state index is 0.145. The molecule has 0 spiro atoms. The molecule has 3 aromatic carbocycles. The minimum atomic E-state index is 0.145. The van der Waals surface area contributed by atoms with Crippen LogP contribution in [0.15, 0.2) is 90.3 Å². The van der Waals surface area contributed by atoms with Gasteiger partial charge in [-0.1, -0.05) is 65.7 Å². The smallest absolute Gasteiger partial charge is 0.145 e. The second kappa shape index (κ2) is 12.0. The molecule has 0 unspecified atom stereocenters. The summed E-state index contributed by atoms with van der Waals surface area (Å²) in [4.78, 5) is 16.1. The summed E-state index contributed by atoms with van der Waals surface area (Å²) < 4.78 is 0. The zero-order chi connectivity index (χ0) is 26.6. The van der Waals surface area contributed by atoms with E-state index in [9.17, 15) is 0 Å². The van der Waals surface area contributed by atoms with Crippen LogP contribution in [0, 0.1) is 0 Å². The third-order valence-electron chi connectivity index (χ3n) is 7.17. The average molecular weight is 575 g/mol. The molecule has 0 aliphatic carbocycles. The molecular weight excluding hydrogens is 545 g/mol. The standard InChI is InChI=1S/C31H29Cl2N5S/c32-24-11-7-22(8-12-24)30(23-9-13-25(33)14-10-23)38-17-15-37(16-18-38)21-29-35-28-6-2-1-5-27(28)31(36-29)34-20-26-4-3-19-39-26/h1-14,19,30H,15-18,20-21H2,(H,34,35,36).